The van der Waals surface area contributed by atoms with Crippen molar-refractivity contribution in [1.29, 1.82) is 0 Å². The van der Waals surface area contributed by atoms with Gasteiger partial charge in [0.05, 0.1) is 16.8 Å². The maximum Gasteiger partial charge on any atom is 0.140 e. The molecule has 0 aromatic heterocycles. The number of rotatable bonds is 0. The first-order valence-electron chi connectivity index (χ1n) is 9.83. The zero-order valence-electron chi connectivity index (χ0n) is 15.1. The largest absolute Gasteiger partial charge is 0.493 e. The second-order valence-electron chi connectivity index (χ2n) is 6.96. The first kappa shape index (κ1) is 18.8. The van der Waals surface area contributed by atoms with Crippen LogP contribution in [0.3, 0.4) is 0 Å². The minimum Gasteiger partial charge on any atom is -0.493 e. The predicted molar refractivity (Wildman–Crippen MR) is 114 cm³/mol. The zero-order valence-corrected chi connectivity index (χ0v) is 17.2. The Bertz CT molecular complexity index is 668. The van der Waals surface area contributed by atoms with Crippen LogP contribution >= 0.6 is 22.6 Å². The molecule has 2 bridgehead atoms. The molecule has 2 aromatic rings. The van der Waals surface area contributed by atoms with Gasteiger partial charge in [-0.2, -0.15) is 0 Å². The predicted octanol–water partition coefficient (Wildman–Crippen LogP) is 7.12. The van der Waals surface area contributed by atoms with E-state index in [-0.39, 0.29) is 0 Å². The van der Waals surface area contributed by atoms with E-state index in [2.05, 4.69) is 52.9 Å². The van der Waals surface area contributed by atoms with Crippen LogP contribution < -0.4 is 9.47 Å². The fourth-order valence-electron chi connectivity index (χ4n) is 3.52. The van der Waals surface area contributed by atoms with E-state index in [1.807, 2.05) is 0 Å². The molecule has 136 valence electrons. The van der Waals surface area contributed by atoms with E-state index >= 15 is 0 Å². The third-order valence-electron chi connectivity index (χ3n) is 4.95. The van der Waals surface area contributed by atoms with Crippen molar-refractivity contribution < 1.29 is 9.47 Å². The molecule has 1 aliphatic rings. The summed E-state index contributed by atoms with van der Waals surface area (Å²) in [4.78, 5) is 0. The summed E-state index contributed by atoms with van der Waals surface area (Å²) in [5.74, 6) is 2.01. The van der Waals surface area contributed by atoms with Gasteiger partial charge in [-0.25, -0.2) is 0 Å². The molecule has 0 atom stereocenters. The van der Waals surface area contributed by atoms with Crippen LogP contribution in [0.2, 0.25) is 0 Å². The van der Waals surface area contributed by atoms with Gasteiger partial charge in [-0.15, -0.1) is 0 Å². The van der Waals surface area contributed by atoms with Crippen LogP contribution in [-0.2, 0) is 0 Å². The van der Waals surface area contributed by atoms with Gasteiger partial charge >= 0.3 is 0 Å². The molecule has 25 heavy (non-hydrogen) atoms. The third-order valence-corrected chi connectivity index (χ3v) is 5.76. The van der Waals surface area contributed by atoms with Gasteiger partial charge in [0.25, 0.3) is 0 Å². The molecule has 3 heteroatoms. The molecule has 0 saturated heterocycles. The standard InChI is InChI=1S/C22H29IO2/c23-20-17-21-18-13-9-10-14-19(18)22(20)25-16-12-8-6-4-2-1-3-5-7-11-15-24-21/h9-10,13-14,17H,1-8,11-12,15-16H2. The van der Waals surface area contributed by atoms with Gasteiger partial charge in [0.2, 0.25) is 0 Å². The highest BCUT2D eigenvalue weighted by Gasteiger charge is 2.12. The van der Waals surface area contributed by atoms with Crippen molar-refractivity contribution >= 4 is 33.4 Å². The SMILES string of the molecule is Ic1cc2c3ccccc3c1OCCCCCCCCCCCCO2. The lowest BCUT2D eigenvalue weighted by atomic mass is 10.1. The summed E-state index contributed by atoms with van der Waals surface area (Å²) in [5, 5.41) is 2.34. The van der Waals surface area contributed by atoms with Crippen LogP contribution in [0.4, 0.5) is 0 Å². The minimum atomic E-state index is 0.806. The number of benzene rings is 2. The van der Waals surface area contributed by atoms with Crippen LogP contribution in [-0.4, -0.2) is 13.2 Å². The van der Waals surface area contributed by atoms with Gasteiger partial charge in [0, 0.05) is 10.8 Å². The van der Waals surface area contributed by atoms with E-state index in [4.69, 9.17) is 9.47 Å². The molecule has 2 nitrogen and oxygen atoms in total. The maximum absolute atomic E-state index is 6.19. The molecule has 2 aromatic carbocycles. The average Bonchev–Trinajstić information content (AvgIpc) is 2.63. The summed E-state index contributed by atoms with van der Waals surface area (Å²) in [6.45, 7) is 1.61. The highest BCUT2D eigenvalue weighted by Crippen LogP contribution is 2.37. The lowest BCUT2D eigenvalue weighted by Gasteiger charge is -2.16. The van der Waals surface area contributed by atoms with Crippen molar-refractivity contribution in [2.75, 3.05) is 13.2 Å². The first-order valence-corrected chi connectivity index (χ1v) is 10.9. The van der Waals surface area contributed by atoms with Gasteiger partial charge in [0.1, 0.15) is 11.5 Å². The molecular weight excluding hydrogens is 423 g/mol. The van der Waals surface area contributed by atoms with Gasteiger partial charge < -0.3 is 9.47 Å². The lowest BCUT2D eigenvalue weighted by Crippen LogP contribution is -2.03. The van der Waals surface area contributed by atoms with E-state index in [1.165, 1.54) is 62.1 Å². The van der Waals surface area contributed by atoms with Crippen LogP contribution in [0.25, 0.3) is 10.8 Å². The van der Waals surface area contributed by atoms with Crippen LogP contribution in [0.5, 0.6) is 11.5 Å². The number of hydrogen-bond donors (Lipinski definition) is 0. The van der Waals surface area contributed by atoms with Crippen LogP contribution in [0.1, 0.15) is 64.2 Å². The summed E-state index contributed by atoms with van der Waals surface area (Å²) in [6.07, 6.45) is 13.0. The molecule has 0 amide bonds. The summed E-state index contributed by atoms with van der Waals surface area (Å²) in [6, 6.07) is 10.6. The molecule has 3 rings (SSSR count). The van der Waals surface area contributed by atoms with E-state index in [9.17, 15) is 0 Å². The van der Waals surface area contributed by atoms with Crippen molar-refractivity contribution in [1.82, 2.24) is 0 Å². The molecule has 1 heterocycles. The van der Waals surface area contributed by atoms with Crippen molar-refractivity contribution in [3.05, 3.63) is 33.9 Å². The smallest absolute Gasteiger partial charge is 0.140 e. The molecule has 0 radical (unpaired) electrons. The second-order valence-corrected chi connectivity index (χ2v) is 8.13. The van der Waals surface area contributed by atoms with E-state index in [0.717, 1.165) is 41.1 Å². The third kappa shape index (κ3) is 5.50. The summed E-state index contributed by atoms with van der Waals surface area (Å²) < 4.78 is 13.5. The monoisotopic (exact) mass is 452 g/mol. The molecule has 1 aliphatic heterocycles. The quantitative estimate of drug-likeness (QED) is 0.397. The van der Waals surface area contributed by atoms with Crippen molar-refractivity contribution in [3.8, 4) is 11.5 Å². The first-order chi connectivity index (χ1) is 12.4. The molecular formula is C22H29IO2. The van der Waals surface area contributed by atoms with Crippen LogP contribution in [0.15, 0.2) is 30.3 Å². The molecule has 0 spiro atoms. The minimum absolute atomic E-state index is 0.806. The Labute approximate surface area is 165 Å². The highest BCUT2D eigenvalue weighted by atomic mass is 127. The highest BCUT2D eigenvalue weighted by molar-refractivity contribution is 14.1. The fourth-order valence-corrected chi connectivity index (χ4v) is 4.25. The number of halogens is 1. The lowest BCUT2D eigenvalue weighted by molar-refractivity contribution is 0.298. The Morgan fingerprint density at radius 2 is 1.16 bits per heavy atom. The summed E-state index contributed by atoms with van der Waals surface area (Å²) in [7, 11) is 0. The van der Waals surface area contributed by atoms with Gasteiger partial charge in [-0.1, -0.05) is 75.6 Å². The molecule has 0 aliphatic carbocycles. The van der Waals surface area contributed by atoms with Gasteiger partial charge in [0.15, 0.2) is 0 Å². The van der Waals surface area contributed by atoms with Gasteiger partial charge in [-0.3, -0.25) is 0 Å². The number of hydrogen-bond acceptors (Lipinski definition) is 2. The zero-order chi connectivity index (χ0) is 17.3. The van der Waals surface area contributed by atoms with Crippen LogP contribution in [0, 0.1) is 3.57 Å². The number of ether oxygens (including phenoxy) is 2. The Morgan fingerprint density at radius 1 is 0.640 bits per heavy atom. The van der Waals surface area contributed by atoms with E-state index in [0.29, 0.717) is 0 Å². The molecule has 0 unspecified atom stereocenters. The maximum atomic E-state index is 6.19. The molecule has 0 saturated carbocycles. The Morgan fingerprint density at radius 3 is 1.80 bits per heavy atom. The molecule has 0 N–H and O–H groups in total. The fraction of sp³-hybridized carbons (Fsp3) is 0.545. The van der Waals surface area contributed by atoms with Crippen molar-refractivity contribution in [2.24, 2.45) is 0 Å². The average molecular weight is 452 g/mol. The Balaban J connectivity index is 1.79. The van der Waals surface area contributed by atoms with E-state index < -0.39 is 0 Å². The van der Waals surface area contributed by atoms with Gasteiger partial charge in [-0.05, 0) is 41.5 Å². The van der Waals surface area contributed by atoms with E-state index in [1.54, 1.807) is 0 Å². The van der Waals surface area contributed by atoms with Crippen molar-refractivity contribution in [2.45, 2.75) is 64.2 Å². The second kappa shape index (κ2) is 10.2. The summed E-state index contributed by atoms with van der Waals surface area (Å²) in [5.41, 5.74) is 0. The Hall–Kier alpha value is -0.970. The Kier molecular flexibility index (Phi) is 7.71. The molecule has 0 fully saturated rings. The van der Waals surface area contributed by atoms with Crippen molar-refractivity contribution in [3.63, 3.8) is 0 Å². The summed E-state index contributed by atoms with van der Waals surface area (Å²) >= 11 is 2.38. The normalized spacial score (nSPS) is 18.1. The topological polar surface area (TPSA) is 18.5 Å².